The molecule has 0 radical (unpaired) electrons. The summed E-state index contributed by atoms with van der Waals surface area (Å²) in [4.78, 5) is 11.2. The van der Waals surface area contributed by atoms with Crippen molar-refractivity contribution < 1.29 is 4.79 Å². The number of amides is 1. The lowest BCUT2D eigenvalue weighted by atomic mass is 10.1. The fourth-order valence-corrected chi connectivity index (χ4v) is 1.16. The second kappa shape index (κ2) is 5.77. The predicted octanol–water partition coefficient (Wildman–Crippen LogP) is -0.0609. The van der Waals surface area contributed by atoms with E-state index in [2.05, 4.69) is 5.32 Å². The molecule has 1 aromatic carbocycles. The van der Waals surface area contributed by atoms with Crippen LogP contribution < -0.4 is 22.5 Å². The van der Waals surface area contributed by atoms with Gasteiger partial charge >= 0.3 is 0 Å². The Morgan fingerprint density at radius 2 is 2.12 bits per heavy atom. The number of carbonyl (C=O) groups excluding carboxylic acids is 1. The number of nitrogens with one attached hydrogen (secondary N) is 1. The lowest BCUT2D eigenvalue weighted by Crippen LogP contribution is -2.27. The van der Waals surface area contributed by atoms with E-state index in [-0.39, 0.29) is 5.91 Å². The predicted molar refractivity (Wildman–Crippen MR) is 66.4 cm³/mol. The normalized spacial score (nSPS) is 10.6. The minimum atomic E-state index is -0.202. The Morgan fingerprint density at radius 3 is 2.81 bits per heavy atom. The van der Waals surface area contributed by atoms with Gasteiger partial charge in [-0.1, -0.05) is 0 Å². The molecule has 7 N–H and O–H groups in total. The topological polar surface area (TPSA) is 107 Å². The first kappa shape index (κ1) is 12.1. The summed E-state index contributed by atoms with van der Waals surface area (Å²) in [6.07, 6.45) is 3.03. The summed E-state index contributed by atoms with van der Waals surface area (Å²) in [6.45, 7) is 0.871. The van der Waals surface area contributed by atoms with Crippen molar-refractivity contribution >= 4 is 23.4 Å². The van der Waals surface area contributed by atoms with Crippen LogP contribution in [0.1, 0.15) is 5.56 Å². The highest BCUT2D eigenvalue weighted by molar-refractivity contribution is 5.92. The van der Waals surface area contributed by atoms with Gasteiger partial charge in [0.25, 0.3) is 0 Å². The molecule has 0 aromatic heterocycles. The van der Waals surface area contributed by atoms with Gasteiger partial charge in [0.1, 0.15) is 0 Å². The molecule has 16 heavy (non-hydrogen) atoms. The largest absolute Gasteiger partial charge is 0.399 e. The number of hydrogen-bond acceptors (Lipinski definition) is 4. The molecule has 0 fully saturated rings. The summed E-state index contributed by atoms with van der Waals surface area (Å²) in [5.41, 5.74) is 18.5. The number of nitrogen functional groups attached to an aromatic ring is 2. The van der Waals surface area contributed by atoms with Gasteiger partial charge in [-0.25, -0.2) is 0 Å². The van der Waals surface area contributed by atoms with Crippen molar-refractivity contribution in [3.8, 4) is 0 Å². The number of benzene rings is 1. The summed E-state index contributed by atoms with van der Waals surface area (Å²) in [5, 5.41) is 2.61. The number of nitrogens with two attached hydrogens (primary N) is 3. The minimum absolute atomic E-state index is 0.202. The van der Waals surface area contributed by atoms with Crippen LogP contribution in [0, 0.1) is 0 Å². The molecular weight excluding hydrogens is 204 g/mol. The Labute approximate surface area is 94.3 Å². The third-order valence-corrected chi connectivity index (χ3v) is 1.97. The molecule has 0 saturated heterocycles. The Morgan fingerprint density at radius 1 is 1.38 bits per heavy atom. The number of anilines is 2. The first-order valence-electron chi connectivity index (χ1n) is 4.94. The van der Waals surface area contributed by atoms with Crippen molar-refractivity contribution in [1.82, 2.24) is 5.32 Å². The van der Waals surface area contributed by atoms with Crippen LogP contribution in [0.4, 0.5) is 11.4 Å². The molecule has 0 unspecified atom stereocenters. The zero-order valence-electron chi connectivity index (χ0n) is 8.94. The summed E-state index contributed by atoms with van der Waals surface area (Å²) < 4.78 is 0. The molecule has 0 bridgehead atoms. The highest BCUT2D eigenvalue weighted by Gasteiger charge is 1.97. The van der Waals surface area contributed by atoms with E-state index in [0.717, 1.165) is 5.56 Å². The first-order chi connectivity index (χ1) is 7.63. The molecule has 86 valence electrons. The molecule has 5 heteroatoms. The van der Waals surface area contributed by atoms with E-state index in [0.29, 0.717) is 24.5 Å². The van der Waals surface area contributed by atoms with E-state index in [1.807, 2.05) is 0 Å². The maximum atomic E-state index is 11.2. The molecule has 1 aromatic rings. The number of hydrogen-bond donors (Lipinski definition) is 4. The zero-order valence-corrected chi connectivity index (χ0v) is 8.94. The molecule has 0 aliphatic heterocycles. The SMILES string of the molecule is NCCNC(=O)/C=C/c1cc(N)ccc1N. The van der Waals surface area contributed by atoms with Gasteiger partial charge in [0.05, 0.1) is 0 Å². The van der Waals surface area contributed by atoms with Gasteiger partial charge < -0.3 is 22.5 Å². The monoisotopic (exact) mass is 220 g/mol. The lowest BCUT2D eigenvalue weighted by molar-refractivity contribution is -0.116. The van der Waals surface area contributed by atoms with Crippen LogP contribution in [0.3, 0.4) is 0 Å². The quantitative estimate of drug-likeness (QED) is 0.421. The van der Waals surface area contributed by atoms with Gasteiger partial charge in [-0.05, 0) is 29.8 Å². The zero-order chi connectivity index (χ0) is 12.0. The van der Waals surface area contributed by atoms with Crippen molar-refractivity contribution in [3.63, 3.8) is 0 Å². The van der Waals surface area contributed by atoms with Gasteiger partial charge in [0.2, 0.25) is 5.91 Å². The molecule has 0 heterocycles. The van der Waals surface area contributed by atoms with Crippen LogP contribution in [-0.2, 0) is 4.79 Å². The van der Waals surface area contributed by atoms with Gasteiger partial charge in [-0.2, -0.15) is 0 Å². The van der Waals surface area contributed by atoms with Crippen LogP contribution in [-0.4, -0.2) is 19.0 Å². The van der Waals surface area contributed by atoms with Crippen molar-refractivity contribution in [1.29, 1.82) is 0 Å². The van der Waals surface area contributed by atoms with Crippen molar-refractivity contribution in [2.24, 2.45) is 5.73 Å². The van der Waals surface area contributed by atoms with E-state index in [1.165, 1.54) is 6.08 Å². The van der Waals surface area contributed by atoms with Gasteiger partial charge in [0, 0.05) is 30.5 Å². The third-order valence-electron chi connectivity index (χ3n) is 1.97. The number of rotatable bonds is 4. The first-order valence-corrected chi connectivity index (χ1v) is 4.94. The van der Waals surface area contributed by atoms with Crippen LogP contribution in [0.15, 0.2) is 24.3 Å². The van der Waals surface area contributed by atoms with E-state index in [1.54, 1.807) is 24.3 Å². The van der Waals surface area contributed by atoms with Crippen molar-refractivity contribution in [2.45, 2.75) is 0 Å². The molecule has 0 saturated carbocycles. The Bertz CT molecular complexity index is 401. The maximum absolute atomic E-state index is 11.2. The number of carbonyl (C=O) groups is 1. The van der Waals surface area contributed by atoms with Crippen molar-refractivity contribution in [3.05, 3.63) is 29.8 Å². The Hall–Kier alpha value is -2.01. The summed E-state index contributed by atoms with van der Waals surface area (Å²) >= 11 is 0. The highest BCUT2D eigenvalue weighted by Crippen LogP contribution is 2.16. The second-order valence-electron chi connectivity index (χ2n) is 3.30. The molecule has 1 rings (SSSR count). The minimum Gasteiger partial charge on any atom is -0.399 e. The standard InChI is InChI=1S/C11H16N4O/c12-5-6-15-11(16)4-1-8-7-9(13)2-3-10(8)14/h1-4,7H,5-6,12-14H2,(H,15,16)/b4-1+. The second-order valence-corrected chi connectivity index (χ2v) is 3.30. The highest BCUT2D eigenvalue weighted by atomic mass is 16.1. The smallest absolute Gasteiger partial charge is 0.244 e. The van der Waals surface area contributed by atoms with Gasteiger partial charge in [-0.15, -0.1) is 0 Å². The Kier molecular flexibility index (Phi) is 4.35. The van der Waals surface area contributed by atoms with Crippen LogP contribution >= 0.6 is 0 Å². The average Bonchev–Trinajstić information content (AvgIpc) is 2.27. The van der Waals surface area contributed by atoms with Crippen LogP contribution in [0.25, 0.3) is 6.08 Å². The molecule has 0 aliphatic rings. The van der Waals surface area contributed by atoms with E-state index >= 15 is 0 Å². The molecule has 0 spiro atoms. The molecule has 5 nitrogen and oxygen atoms in total. The lowest BCUT2D eigenvalue weighted by Gasteiger charge is -2.02. The Balaban J connectivity index is 2.68. The molecule has 0 aliphatic carbocycles. The summed E-state index contributed by atoms with van der Waals surface area (Å²) in [7, 11) is 0. The molecular formula is C11H16N4O. The molecule has 0 atom stereocenters. The summed E-state index contributed by atoms with van der Waals surface area (Å²) in [6, 6.07) is 5.12. The van der Waals surface area contributed by atoms with Gasteiger partial charge in [-0.3, -0.25) is 4.79 Å². The summed E-state index contributed by atoms with van der Waals surface area (Å²) in [5.74, 6) is -0.202. The third kappa shape index (κ3) is 3.62. The van der Waals surface area contributed by atoms with Crippen LogP contribution in [0.2, 0.25) is 0 Å². The van der Waals surface area contributed by atoms with Gasteiger partial charge in [0.15, 0.2) is 0 Å². The molecule has 1 amide bonds. The maximum Gasteiger partial charge on any atom is 0.244 e. The van der Waals surface area contributed by atoms with Crippen molar-refractivity contribution in [2.75, 3.05) is 24.6 Å². The fourth-order valence-electron chi connectivity index (χ4n) is 1.16. The van der Waals surface area contributed by atoms with E-state index < -0.39 is 0 Å². The van der Waals surface area contributed by atoms with E-state index in [9.17, 15) is 4.79 Å². The van der Waals surface area contributed by atoms with E-state index in [4.69, 9.17) is 17.2 Å². The average molecular weight is 220 g/mol. The fraction of sp³-hybridized carbons (Fsp3) is 0.182. The van der Waals surface area contributed by atoms with Crippen LogP contribution in [0.5, 0.6) is 0 Å².